The molecule has 0 saturated carbocycles. The predicted molar refractivity (Wildman–Crippen MR) is 113 cm³/mol. The van der Waals surface area contributed by atoms with Crippen molar-refractivity contribution in [2.45, 2.75) is 26.2 Å². The molecule has 0 unspecified atom stereocenters. The van der Waals surface area contributed by atoms with Crippen LogP contribution in [0.4, 0.5) is 11.4 Å². The number of nitrogens with one attached hydrogen (secondary N) is 1. The standard InChI is InChI=1S/C20H22Br2N2O2/c1-14-11-15(21)12-16(22)20(14)26-13-19(25)23-17-7-3-4-8-18(17)24-9-5-2-6-10-24/h3-4,7-8,11-12H,2,5-6,9-10,13H2,1H3,(H,23,25). The van der Waals surface area contributed by atoms with Gasteiger partial charge in [-0.1, -0.05) is 28.1 Å². The molecule has 2 aromatic carbocycles. The first-order valence-electron chi connectivity index (χ1n) is 8.77. The number of hydrogen-bond acceptors (Lipinski definition) is 3. The molecule has 6 heteroatoms. The Labute approximate surface area is 171 Å². The van der Waals surface area contributed by atoms with Crippen LogP contribution in [0.3, 0.4) is 0 Å². The fourth-order valence-corrected chi connectivity index (χ4v) is 4.74. The van der Waals surface area contributed by atoms with E-state index >= 15 is 0 Å². The van der Waals surface area contributed by atoms with E-state index in [1.54, 1.807) is 0 Å². The molecule has 138 valence electrons. The lowest BCUT2D eigenvalue weighted by molar-refractivity contribution is -0.118. The molecule has 3 rings (SSSR count). The van der Waals surface area contributed by atoms with E-state index in [0.29, 0.717) is 5.75 Å². The Morgan fingerprint density at radius 1 is 1.15 bits per heavy atom. The SMILES string of the molecule is Cc1cc(Br)cc(Br)c1OCC(=O)Nc1ccccc1N1CCCCC1. The summed E-state index contributed by atoms with van der Waals surface area (Å²) in [6, 6.07) is 11.8. The normalized spacial score (nSPS) is 14.2. The second-order valence-electron chi connectivity index (χ2n) is 6.44. The van der Waals surface area contributed by atoms with Crippen molar-refractivity contribution >= 4 is 49.1 Å². The molecule has 0 atom stereocenters. The molecular weight excluding hydrogens is 460 g/mol. The van der Waals surface area contributed by atoms with E-state index in [1.807, 2.05) is 37.3 Å². The summed E-state index contributed by atoms with van der Waals surface area (Å²) in [5, 5.41) is 3.00. The minimum Gasteiger partial charge on any atom is -0.482 e. The topological polar surface area (TPSA) is 41.6 Å². The Balaban J connectivity index is 1.66. The third-order valence-corrected chi connectivity index (χ3v) is 5.46. The predicted octanol–water partition coefficient (Wildman–Crippen LogP) is 5.53. The summed E-state index contributed by atoms with van der Waals surface area (Å²) in [5.74, 6) is 0.524. The molecular formula is C20H22Br2N2O2. The zero-order valence-electron chi connectivity index (χ0n) is 14.7. The highest BCUT2D eigenvalue weighted by molar-refractivity contribution is 9.11. The number of rotatable bonds is 5. The number of carbonyl (C=O) groups is 1. The van der Waals surface area contributed by atoms with Crippen molar-refractivity contribution in [1.82, 2.24) is 0 Å². The summed E-state index contributed by atoms with van der Waals surface area (Å²) in [5.41, 5.74) is 2.89. The van der Waals surface area contributed by atoms with Crippen LogP contribution in [0.15, 0.2) is 45.3 Å². The van der Waals surface area contributed by atoms with Gasteiger partial charge in [-0.25, -0.2) is 0 Å². The van der Waals surface area contributed by atoms with E-state index < -0.39 is 0 Å². The number of hydrogen-bond donors (Lipinski definition) is 1. The lowest BCUT2D eigenvalue weighted by Gasteiger charge is -2.30. The lowest BCUT2D eigenvalue weighted by atomic mass is 10.1. The second-order valence-corrected chi connectivity index (χ2v) is 8.21. The van der Waals surface area contributed by atoms with Crippen LogP contribution in [-0.4, -0.2) is 25.6 Å². The fraction of sp³-hybridized carbons (Fsp3) is 0.350. The average Bonchev–Trinajstić information content (AvgIpc) is 2.62. The number of aryl methyl sites for hydroxylation is 1. The van der Waals surface area contributed by atoms with Crippen molar-refractivity contribution in [2.75, 3.05) is 29.9 Å². The fourth-order valence-electron chi connectivity index (χ4n) is 3.19. The third kappa shape index (κ3) is 4.80. The van der Waals surface area contributed by atoms with Crippen LogP contribution < -0.4 is 15.0 Å². The maximum absolute atomic E-state index is 12.4. The molecule has 0 aliphatic carbocycles. The minimum absolute atomic E-state index is 0.0323. The number of ether oxygens (including phenoxy) is 1. The van der Waals surface area contributed by atoms with Gasteiger partial charge in [-0.2, -0.15) is 0 Å². The van der Waals surface area contributed by atoms with E-state index in [-0.39, 0.29) is 12.5 Å². The summed E-state index contributed by atoms with van der Waals surface area (Å²) in [6.07, 6.45) is 3.67. The van der Waals surface area contributed by atoms with Crippen molar-refractivity contribution in [3.05, 3.63) is 50.9 Å². The Hall–Kier alpha value is -1.53. The number of anilines is 2. The first-order valence-corrected chi connectivity index (χ1v) is 10.4. The summed E-state index contributed by atoms with van der Waals surface area (Å²) >= 11 is 6.93. The zero-order valence-corrected chi connectivity index (χ0v) is 17.9. The summed E-state index contributed by atoms with van der Waals surface area (Å²) < 4.78 is 7.54. The molecule has 0 bridgehead atoms. The number of benzene rings is 2. The summed E-state index contributed by atoms with van der Waals surface area (Å²) in [6.45, 7) is 3.99. The number of carbonyl (C=O) groups excluding carboxylic acids is 1. The van der Waals surface area contributed by atoms with Gasteiger partial charge in [-0.3, -0.25) is 4.79 Å². The van der Waals surface area contributed by atoms with E-state index in [2.05, 4.69) is 48.1 Å². The van der Waals surface area contributed by atoms with Gasteiger partial charge in [0.1, 0.15) is 5.75 Å². The van der Waals surface area contributed by atoms with Crippen molar-refractivity contribution < 1.29 is 9.53 Å². The molecule has 0 aromatic heterocycles. The largest absolute Gasteiger partial charge is 0.482 e. The Bertz CT molecular complexity index is 766. The van der Waals surface area contributed by atoms with Gasteiger partial charge in [0.25, 0.3) is 5.91 Å². The number of amides is 1. The highest BCUT2D eigenvalue weighted by atomic mass is 79.9. The van der Waals surface area contributed by atoms with Gasteiger partial charge in [0.05, 0.1) is 15.8 Å². The molecule has 0 radical (unpaired) electrons. The maximum atomic E-state index is 12.4. The van der Waals surface area contributed by atoms with Crippen LogP contribution in [0.2, 0.25) is 0 Å². The highest BCUT2D eigenvalue weighted by Crippen LogP contribution is 2.32. The van der Waals surface area contributed by atoms with Crippen LogP contribution in [0.25, 0.3) is 0 Å². The van der Waals surface area contributed by atoms with Gasteiger partial charge in [0.15, 0.2) is 6.61 Å². The monoisotopic (exact) mass is 480 g/mol. The maximum Gasteiger partial charge on any atom is 0.262 e. The number of halogens is 2. The molecule has 1 aliphatic rings. The first-order chi connectivity index (χ1) is 12.5. The van der Waals surface area contributed by atoms with Gasteiger partial charge >= 0.3 is 0 Å². The minimum atomic E-state index is -0.163. The zero-order chi connectivity index (χ0) is 18.5. The molecule has 1 heterocycles. The van der Waals surface area contributed by atoms with Crippen LogP contribution >= 0.6 is 31.9 Å². The molecule has 1 amide bonds. The number of piperidine rings is 1. The average molecular weight is 482 g/mol. The van der Waals surface area contributed by atoms with Crippen LogP contribution in [0.1, 0.15) is 24.8 Å². The second kappa shape index (κ2) is 8.91. The molecule has 1 aliphatic heterocycles. The van der Waals surface area contributed by atoms with Gasteiger partial charge in [0.2, 0.25) is 0 Å². The van der Waals surface area contributed by atoms with Crippen LogP contribution in [0.5, 0.6) is 5.75 Å². The molecule has 1 saturated heterocycles. The molecule has 0 spiro atoms. The Kier molecular flexibility index (Phi) is 6.59. The van der Waals surface area contributed by atoms with Gasteiger partial charge in [-0.15, -0.1) is 0 Å². The Morgan fingerprint density at radius 2 is 1.88 bits per heavy atom. The molecule has 4 nitrogen and oxygen atoms in total. The van der Waals surface area contributed by atoms with Gasteiger partial charge in [-0.05, 0) is 71.9 Å². The van der Waals surface area contributed by atoms with Crippen molar-refractivity contribution in [1.29, 1.82) is 0 Å². The number of nitrogens with zero attached hydrogens (tertiary/aromatic N) is 1. The Morgan fingerprint density at radius 3 is 2.62 bits per heavy atom. The van der Waals surface area contributed by atoms with Crippen molar-refractivity contribution in [2.24, 2.45) is 0 Å². The molecule has 26 heavy (non-hydrogen) atoms. The quantitative estimate of drug-likeness (QED) is 0.610. The van der Waals surface area contributed by atoms with E-state index in [1.165, 1.54) is 19.3 Å². The third-order valence-electron chi connectivity index (χ3n) is 4.42. The first kappa shape index (κ1) is 19.2. The van der Waals surface area contributed by atoms with E-state index in [4.69, 9.17) is 4.74 Å². The van der Waals surface area contributed by atoms with Crippen LogP contribution in [-0.2, 0) is 4.79 Å². The van der Waals surface area contributed by atoms with Crippen molar-refractivity contribution in [3.63, 3.8) is 0 Å². The molecule has 1 N–H and O–H groups in total. The molecule has 1 fully saturated rings. The van der Waals surface area contributed by atoms with Crippen molar-refractivity contribution in [3.8, 4) is 5.75 Å². The van der Waals surface area contributed by atoms with Gasteiger partial charge in [0, 0.05) is 17.6 Å². The smallest absolute Gasteiger partial charge is 0.262 e. The van der Waals surface area contributed by atoms with Crippen LogP contribution in [0, 0.1) is 6.92 Å². The summed E-state index contributed by atoms with van der Waals surface area (Å²) in [4.78, 5) is 14.8. The van der Waals surface area contributed by atoms with E-state index in [0.717, 1.165) is 39.0 Å². The molecule has 2 aromatic rings. The highest BCUT2D eigenvalue weighted by Gasteiger charge is 2.16. The number of para-hydroxylation sites is 2. The lowest BCUT2D eigenvalue weighted by Crippen LogP contribution is -2.31. The summed E-state index contributed by atoms with van der Waals surface area (Å²) in [7, 11) is 0. The van der Waals surface area contributed by atoms with Gasteiger partial charge < -0.3 is 15.0 Å². The van der Waals surface area contributed by atoms with E-state index in [9.17, 15) is 4.79 Å².